The first-order chi connectivity index (χ1) is 7.77. The van der Waals surface area contributed by atoms with E-state index in [9.17, 15) is 0 Å². The van der Waals surface area contributed by atoms with Crippen LogP contribution in [0.5, 0.6) is 0 Å². The molecule has 90 valence electrons. The molecule has 2 heterocycles. The third-order valence-corrected chi connectivity index (χ3v) is 3.17. The molecule has 16 heavy (non-hydrogen) atoms. The number of hydrogen-bond acceptors (Lipinski definition) is 3. The van der Waals surface area contributed by atoms with Crippen LogP contribution in [0.25, 0.3) is 0 Å². The van der Waals surface area contributed by atoms with Gasteiger partial charge >= 0.3 is 0 Å². The summed E-state index contributed by atoms with van der Waals surface area (Å²) in [6.07, 6.45) is 4.41. The molecule has 0 bridgehead atoms. The van der Waals surface area contributed by atoms with Crippen LogP contribution >= 0.6 is 0 Å². The molecule has 1 atom stereocenters. The van der Waals surface area contributed by atoms with E-state index in [-0.39, 0.29) is 0 Å². The normalized spacial score (nSPS) is 19.4. The molecule has 1 aliphatic heterocycles. The van der Waals surface area contributed by atoms with Gasteiger partial charge in [0.25, 0.3) is 0 Å². The average molecular weight is 222 g/mol. The van der Waals surface area contributed by atoms with Crippen molar-refractivity contribution in [2.75, 3.05) is 19.6 Å². The smallest absolute Gasteiger partial charge is 0.122 e. The Balaban J connectivity index is 2.00. The predicted octanol–water partition coefficient (Wildman–Crippen LogP) is 2.41. The first-order valence-corrected chi connectivity index (χ1v) is 6.28. The van der Waals surface area contributed by atoms with Crippen molar-refractivity contribution < 1.29 is 4.42 Å². The van der Waals surface area contributed by atoms with E-state index in [1.807, 2.05) is 6.07 Å². The van der Waals surface area contributed by atoms with Gasteiger partial charge in [-0.25, -0.2) is 0 Å². The predicted molar refractivity (Wildman–Crippen MR) is 65.4 cm³/mol. The Kier molecular flexibility index (Phi) is 4.02. The van der Waals surface area contributed by atoms with Gasteiger partial charge in [0.05, 0.1) is 12.3 Å². The highest BCUT2D eigenvalue weighted by atomic mass is 16.3. The SMILES string of the molecule is CC(C)NCC(c1ccco1)N1CCCC1. The van der Waals surface area contributed by atoms with Gasteiger partial charge in [-0.2, -0.15) is 0 Å². The van der Waals surface area contributed by atoms with Crippen molar-refractivity contribution in [2.45, 2.75) is 38.8 Å². The second-order valence-corrected chi connectivity index (χ2v) is 4.84. The Bertz CT molecular complexity index is 289. The number of hydrogen-bond donors (Lipinski definition) is 1. The van der Waals surface area contributed by atoms with E-state index >= 15 is 0 Å². The van der Waals surface area contributed by atoms with Crippen LogP contribution in [-0.4, -0.2) is 30.6 Å². The lowest BCUT2D eigenvalue weighted by Gasteiger charge is -2.26. The highest BCUT2D eigenvalue weighted by Crippen LogP contribution is 2.24. The summed E-state index contributed by atoms with van der Waals surface area (Å²) in [7, 11) is 0. The van der Waals surface area contributed by atoms with E-state index in [2.05, 4.69) is 30.1 Å². The lowest BCUT2D eigenvalue weighted by Crippen LogP contribution is -2.36. The molecule has 1 aromatic rings. The van der Waals surface area contributed by atoms with Gasteiger partial charge < -0.3 is 9.73 Å². The zero-order valence-corrected chi connectivity index (χ0v) is 10.3. The molecule has 1 aromatic heterocycles. The van der Waals surface area contributed by atoms with Crippen molar-refractivity contribution in [3.8, 4) is 0 Å². The van der Waals surface area contributed by atoms with E-state index in [1.54, 1.807) is 6.26 Å². The Morgan fingerprint density at radius 1 is 1.38 bits per heavy atom. The quantitative estimate of drug-likeness (QED) is 0.829. The number of rotatable bonds is 5. The standard InChI is InChI=1S/C13H22N2O/c1-11(2)14-10-12(13-6-5-9-16-13)15-7-3-4-8-15/h5-6,9,11-12,14H,3-4,7-8,10H2,1-2H3. The van der Waals surface area contributed by atoms with E-state index in [4.69, 9.17) is 4.42 Å². The first-order valence-electron chi connectivity index (χ1n) is 6.28. The fourth-order valence-corrected chi connectivity index (χ4v) is 2.29. The fraction of sp³-hybridized carbons (Fsp3) is 0.692. The zero-order valence-electron chi connectivity index (χ0n) is 10.3. The van der Waals surface area contributed by atoms with Crippen molar-refractivity contribution >= 4 is 0 Å². The van der Waals surface area contributed by atoms with Crippen molar-refractivity contribution in [3.63, 3.8) is 0 Å². The molecule has 0 amide bonds. The number of furan rings is 1. The van der Waals surface area contributed by atoms with Crippen LogP contribution in [0.1, 0.15) is 38.5 Å². The molecule has 3 nitrogen and oxygen atoms in total. The summed E-state index contributed by atoms with van der Waals surface area (Å²) in [6.45, 7) is 7.74. The lowest BCUT2D eigenvalue weighted by molar-refractivity contribution is 0.206. The summed E-state index contributed by atoms with van der Waals surface area (Å²) in [5.74, 6) is 1.09. The lowest BCUT2D eigenvalue weighted by atomic mass is 10.2. The van der Waals surface area contributed by atoms with Crippen LogP contribution < -0.4 is 5.32 Å². The third-order valence-electron chi connectivity index (χ3n) is 3.17. The maximum absolute atomic E-state index is 5.56. The molecular weight excluding hydrogens is 200 g/mol. The number of nitrogens with zero attached hydrogens (tertiary/aromatic N) is 1. The minimum absolute atomic E-state index is 0.403. The summed E-state index contributed by atoms with van der Waals surface area (Å²) in [5, 5.41) is 3.51. The largest absolute Gasteiger partial charge is 0.468 e. The Labute approximate surface area is 97.8 Å². The first kappa shape index (κ1) is 11.7. The molecule has 0 aliphatic carbocycles. The Morgan fingerprint density at radius 2 is 2.12 bits per heavy atom. The van der Waals surface area contributed by atoms with Crippen LogP contribution in [0.15, 0.2) is 22.8 Å². The Hall–Kier alpha value is -0.800. The van der Waals surface area contributed by atoms with Gasteiger partial charge in [0.15, 0.2) is 0 Å². The second kappa shape index (κ2) is 5.51. The van der Waals surface area contributed by atoms with E-state index in [0.29, 0.717) is 12.1 Å². The molecule has 0 radical (unpaired) electrons. The summed E-state index contributed by atoms with van der Waals surface area (Å²) in [5.41, 5.74) is 0. The molecule has 1 aliphatic rings. The molecular formula is C13H22N2O. The molecule has 0 saturated carbocycles. The molecule has 1 saturated heterocycles. The van der Waals surface area contributed by atoms with Crippen molar-refractivity contribution in [2.24, 2.45) is 0 Å². The van der Waals surface area contributed by atoms with Gasteiger partial charge in [-0.15, -0.1) is 0 Å². The molecule has 1 N–H and O–H groups in total. The molecule has 1 unspecified atom stereocenters. The minimum atomic E-state index is 0.403. The second-order valence-electron chi connectivity index (χ2n) is 4.84. The summed E-state index contributed by atoms with van der Waals surface area (Å²) >= 11 is 0. The van der Waals surface area contributed by atoms with Gasteiger partial charge in [0.1, 0.15) is 5.76 Å². The van der Waals surface area contributed by atoms with Crippen molar-refractivity contribution in [3.05, 3.63) is 24.2 Å². The van der Waals surface area contributed by atoms with Crippen molar-refractivity contribution in [1.29, 1.82) is 0 Å². The Morgan fingerprint density at radius 3 is 2.69 bits per heavy atom. The van der Waals surface area contributed by atoms with Gasteiger partial charge in [-0.1, -0.05) is 13.8 Å². The number of nitrogens with one attached hydrogen (secondary N) is 1. The maximum atomic E-state index is 5.56. The molecule has 3 heteroatoms. The van der Waals surface area contributed by atoms with Crippen LogP contribution in [-0.2, 0) is 0 Å². The highest BCUT2D eigenvalue weighted by Gasteiger charge is 2.25. The van der Waals surface area contributed by atoms with Crippen LogP contribution in [0.4, 0.5) is 0 Å². The average Bonchev–Trinajstić information content (AvgIpc) is 2.88. The summed E-state index contributed by atoms with van der Waals surface area (Å²) in [4.78, 5) is 2.52. The van der Waals surface area contributed by atoms with Gasteiger partial charge in [-0.05, 0) is 38.1 Å². The van der Waals surface area contributed by atoms with Gasteiger partial charge in [0, 0.05) is 12.6 Å². The summed E-state index contributed by atoms with van der Waals surface area (Å²) in [6, 6.07) is 5.00. The topological polar surface area (TPSA) is 28.4 Å². The van der Waals surface area contributed by atoms with Crippen molar-refractivity contribution in [1.82, 2.24) is 10.2 Å². The highest BCUT2D eigenvalue weighted by molar-refractivity contribution is 5.06. The minimum Gasteiger partial charge on any atom is -0.468 e. The van der Waals surface area contributed by atoms with Crippen LogP contribution in [0, 0.1) is 0 Å². The van der Waals surface area contributed by atoms with Gasteiger partial charge in [-0.3, -0.25) is 4.90 Å². The molecule has 1 fully saturated rings. The molecule has 0 aromatic carbocycles. The fourth-order valence-electron chi connectivity index (χ4n) is 2.29. The van der Waals surface area contributed by atoms with Gasteiger partial charge in [0.2, 0.25) is 0 Å². The van der Waals surface area contributed by atoms with Crippen LogP contribution in [0.3, 0.4) is 0 Å². The molecule has 2 rings (SSSR count). The van der Waals surface area contributed by atoms with E-state index < -0.39 is 0 Å². The zero-order chi connectivity index (χ0) is 11.4. The third kappa shape index (κ3) is 2.86. The summed E-state index contributed by atoms with van der Waals surface area (Å²) < 4.78 is 5.56. The van der Waals surface area contributed by atoms with Crippen LogP contribution in [0.2, 0.25) is 0 Å². The van der Waals surface area contributed by atoms with E-state index in [0.717, 1.165) is 12.3 Å². The number of likely N-dealkylation sites (tertiary alicyclic amines) is 1. The monoisotopic (exact) mass is 222 g/mol. The molecule has 0 spiro atoms. The maximum Gasteiger partial charge on any atom is 0.122 e. The van der Waals surface area contributed by atoms with E-state index in [1.165, 1.54) is 25.9 Å².